The number of halogens is 1. The second-order valence-electron chi connectivity index (χ2n) is 6.69. The molecule has 6 heteroatoms. The Balaban J connectivity index is 1.70. The van der Waals surface area contributed by atoms with Crippen LogP contribution in [0.15, 0.2) is 81.7 Å². The minimum atomic E-state index is -0.329. The molecule has 1 N–H and O–H groups in total. The summed E-state index contributed by atoms with van der Waals surface area (Å²) in [6.07, 6.45) is 0.196. The third-order valence-electron chi connectivity index (χ3n) is 4.69. The van der Waals surface area contributed by atoms with Crippen LogP contribution in [-0.4, -0.2) is 18.8 Å². The van der Waals surface area contributed by atoms with Crippen molar-refractivity contribution >= 4 is 44.3 Å². The molecule has 0 bridgehead atoms. The van der Waals surface area contributed by atoms with E-state index in [9.17, 15) is 9.59 Å². The van der Waals surface area contributed by atoms with Crippen LogP contribution in [0, 0.1) is 0 Å². The lowest BCUT2D eigenvalue weighted by molar-refractivity contribution is -0.115. The van der Waals surface area contributed by atoms with Gasteiger partial charge < -0.3 is 14.5 Å². The highest BCUT2D eigenvalue weighted by Gasteiger charge is 2.24. The van der Waals surface area contributed by atoms with Gasteiger partial charge in [-0.2, -0.15) is 0 Å². The van der Waals surface area contributed by atoms with Gasteiger partial charge in [-0.25, -0.2) is 0 Å². The van der Waals surface area contributed by atoms with E-state index in [-0.39, 0.29) is 23.9 Å². The van der Waals surface area contributed by atoms with Crippen LogP contribution in [0.3, 0.4) is 0 Å². The third kappa shape index (κ3) is 4.00. The maximum atomic E-state index is 13.2. The van der Waals surface area contributed by atoms with E-state index in [1.165, 1.54) is 0 Å². The predicted molar refractivity (Wildman–Crippen MR) is 119 cm³/mol. The van der Waals surface area contributed by atoms with Crippen LogP contribution in [0.1, 0.15) is 21.7 Å². The lowest BCUT2D eigenvalue weighted by Crippen LogP contribution is -2.16. The maximum Gasteiger partial charge on any atom is 0.230 e. The van der Waals surface area contributed by atoms with Crippen LogP contribution >= 0.6 is 15.9 Å². The van der Waals surface area contributed by atoms with Crippen molar-refractivity contribution in [3.8, 4) is 5.75 Å². The zero-order valence-electron chi connectivity index (χ0n) is 16.1. The fourth-order valence-corrected chi connectivity index (χ4v) is 3.77. The standard InChI is InChI=1S/C24H18BrNO4/c1-29-20-12-11-16(14-18(20)25)23(28)24-22(17-9-5-6-10-19(17)30-24)26-21(27)13-15-7-3-2-4-8-15/h2-12,14H,13H2,1H3,(H,26,27). The van der Waals surface area contributed by atoms with Gasteiger partial charge in [0, 0.05) is 10.9 Å². The summed E-state index contributed by atoms with van der Waals surface area (Å²) in [6, 6.07) is 21.7. The van der Waals surface area contributed by atoms with Gasteiger partial charge in [0.1, 0.15) is 11.3 Å². The maximum absolute atomic E-state index is 13.2. The molecule has 1 amide bonds. The van der Waals surface area contributed by atoms with Crippen molar-refractivity contribution in [2.45, 2.75) is 6.42 Å². The molecule has 3 aromatic carbocycles. The number of fused-ring (bicyclic) bond motifs is 1. The van der Waals surface area contributed by atoms with Crippen LogP contribution in [0.2, 0.25) is 0 Å². The zero-order chi connectivity index (χ0) is 21.1. The summed E-state index contributed by atoms with van der Waals surface area (Å²) in [5, 5.41) is 3.56. The van der Waals surface area contributed by atoms with Crippen LogP contribution in [0.5, 0.6) is 5.75 Å². The number of hydrogen-bond donors (Lipinski definition) is 1. The number of carbonyl (C=O) groups is 2. The summed E-state index contributed by atoms with van der Waals surface area (Å²) in [5.41, 5.74) is 2.21. The summed E-state index contributed by atoms with van der Waals surface area (Å²) in [7, 11) is 1.56. The van der Waals surface area contributed by atoms with E-state index in [1.54, 1.807) is 31.4 Å². The van der Waals surface area contributed by atoms with E-state index in [0.717, 1.165) is 5.56 Å². The van der Waals surface area contributed by atoms with Gasteiger partial charge in [0.25, 0.3) is 0 Å². The number of nitrogens with one attached hydrogen (secondary N) is 1. The van der Waals surface area contributed by atoms with Gasteiger partial charge in [0.05, 0.1) is 23.7 Å². The van der Waals surface area contributed by atoms with Crippen LogP contribution in [0.25, 0.3) is 11.0 Å². The first-order chi connectivity index (χ1) is 14.6. The Labute approximate surface area is 181 Å². The Morgan fingerprint density at radius 2 is 1.73 bits per heavy atom. The monoisotopic (exact) mass is 463 g/mol. The van der Waals surface area contributed by atoms with Crippen molar-refractivity contribution in [3.63, 3.8) is 0 Å². The number of furan rings is 1. The van der Waals surface area contributed by atoms with Gasteiger partial charge in [-0.3, -0.25) is 9.59 Å². The van der Waals surface area contributed by atoms with Crippen LogP contribution in [-0.2, 0) is 11.2 Å². The third-order valence-corrected chi connectivity index (χ3v) is 5.31. The fourth-order valence-electron chi connectivity index (χ4n) is 3.23. The molecule has 0 aliphatic rings. The van der Waals surface area contributed by atoms with Crippen molar-refractivity contribution in [3.05, 3.63) is 94.2 Å². The molecule has 4 aromatic rings. The first kappa shape index (κ1) is 19.9. The molecule has 4 rings (SSSR count). The smallest absolute Gasteiger partial charge is 0.230 e. The Kier molecular flexibility index (Phi) is 5.68. The first-order valence-corrected chi connectivity index (χ1v) is 10.1. The molecule has 0 fully saturated rings. The molecule has 1 aromatic heterocycles. The molecule has 0 saturated heterocycles. The van der Waals surface area contributed by atoms with Gasteiger partial charge in [-0.05, 0) is 51.8 Å². The highest BCUT2D eigenvalue weighted by atomic mass is 79.9. The number of rotatable bonds is 6. The summed E-state index contributed by atoms with van der Waals surface area (Å²) < 4.78 is 11.7. The Morgan fingerprint density at radius 1 is 1.00 bits per heavy atom. The number of anilines is 1. The molecule has 0 saturated carbocycles. The van der Waals surface area contributed by atoms with E-state index in [0.29, 0.717) is 32.4 Å². The lowest BCUT2D eigenvalue weighted by Gasteiger charge is -2.08. The minimum Gasteiger partial charge on any atom is -0.496 e. The molecule has 0 spiro atoms. The van der Waals surface area contributed by atoms with Gasteiger partial charge in [0.15, 0.2) is 5.76 Å². The largest absolute Gasteiger partial charge is 0.496 e. The normalized spacial score (nSPS) is 10.7. The second kappa shape index (κ2) is 8.55. The van der Waals surface area contributed by atoms with Gasteiger partial charge >= 0.3 is 0 Å². The fraction of sp³-hybridized carbons (Fsp3) is 0.0833. The van der Waals surface area contributed by atoms with Crippen LogP contribution < -0.4 is 10.1 Å². The van der Waals surface area contributed by atoms with Crippen molar-refractivity contribution in [1.29, 1.82) is 0 Å². The average molecular weight is 464 g/mol. The molecular weight excluding hydrogens is 446 g/mol. The number of para-hydroxylation sites is 1. The van der Waals surface area contributed by atoms with E-state index in [2.05, 4.69) is 21.2 Å². The van der Waals surface area contributed by atoms with E-state index >= 15 is 0 Å². The molecular formula is C24H18BrNO4. The molecule has 0 aliphatic heterocycles. The molecule has 0 aliphatic carbocycles. The van der Waals surface area contributed by atoms with E-state index in [4.69, 9.17) is 9.15 Å². The van der Waals surface area contributed by atoms with Crippen molar-refractivity contribution in [2.24, 2.45) is 0 Å². The summed E-state index contributed by atoms with van der Waals surface area (Å²) in [4.78, 5) is 25.9. The predicted octanol–water partition coefficient (Wildman–Crippen LogP) is 5.62. The Bertz CT molecular complexity index is 1230. The Hall–Kier alpha value is -3.38. The van der Waals surface area contributed by atoms with Crippen molar-refractivity contribution < 1.29 is 18.7 Å². The molecule has 0 radical (unpaired) electrons. The van der Waals surface area contributed by atoms with Crippen LogP contribution in [0.4, 0.5) is 5.69 Å². The number of carbonyl (C=O) groups excluding carboxylic acids is 2. The van der Waals surface area contributed by atoms with Crippen molar-refractivity contribution in [1.82, 2.24) is 0 Å². The van der Waals surface area contributed by atoms with Gasteiger partial charge in [0.2, 0.25) is 11.7 Å². The molecule has 0 unspecified atom stereocenters. The molecule has 30 heavy (non-hydrogen) atoms. The molecule has 0 atom stereocenters. The zero-order valence-corrected chi connectivity index (χ0v) is 17.7. The van der Waals surface area contributed by atoms with E-state index in [1.807, 2.05) is 48.5 Å². The first-order valence-electron chi connectivity index (χ1n) is 9.30. The summed E-state index contributed by atoms with van der Waals surface area (Å²) in [6.45, 7) is 0. The second-order valence-corrected chi connectivity index (χ2v) is 7.55. The number of benzene rings is 3. The summed E-state index contributed by atoms with van der Waals surface area (Å²) >= 11 is 3.40. The highest BCUT2D eigenvalue weighted by molar-refractivity contribution is 9.10. The average Bonchev–Trinajstić information content (AvgIpc) is 3.12. The minimum absolute atomic E-state index is 0.0923. The topological polar surface area (TPSA) is 68.5 Å². The molecule has 150 valence electrons. The van der Waals surface area contributed by atoms with Crippen molar-refractivity contribution in [2.75, 3.05) is 12.4 Å². The molecule has 1 heterocycles. The Morgan fingerprint density at radius 3 is 2.47 bits per heavy atom. The SMILES string of the molecule is COc1ccc(C(=O)c2oc3ccccc3c2NC(=O)Cc2ccccc2)cc1Br. The number of hydrogen-bond acceptors (Lipinski definition) is 4. The molecule has 5 nitrogen and oxygen atoms in total. The van der Waals surface area contributed by atoms with E-state index < -0.39 is 0 Å². The number of amides is 1. The summed E-state index contributed by atoms with van der Waals surface area (Å²) in [5.74, 6) is 0.157. The number of ether oxygens (including phenoxy) is 1. The van der Waals surface area contributed by atoms with Gasteiger partial charge in [-0.1, -0.05) is 42.5 Å². The number of ketones is 1. The highest BCUT2D eigenvalue weighted by Crippen LogP contribution is 2.34. The lowest BCUT2D eigenvalue weighted by atomic mass is 10.1. The quantitative estimate of drug-likeness (QED) is 0.377. The van der Waals surface area contributed by atoms with Gasteiger partial charge in [-0.15, -0.1) is 0 Å². The number of methoxy groups -OCH3 is 1.